The Hall–Kier alpha value is -2.29. The van der Waals surface area contributed by atoms with Crippen LogP contribution in [-0.4, -0.2) is 18.1 Å². The number of pyridine rings is 1. The highest BCUT2D eigenvalue weighted by atomic mass is 16.5. The van der Waals surface area contributed by atoms with E-state index >= 15 is 0 Å². The Balaban J connectivity index is 1.90. The van der Waals surface area contributed by atoms with Crippen LogP contribution in [-0.2, 0) is 0 Å². The summed E-state index contributed by atoms with van der Waals surface area (Å²) in [4.78, 5) is 6.72. The molecule has 0 saturated carbocycles. The Kier molecular flexibility index (Phi) is 3.91. The number of anilines is 1. The van der Waals surface area contributed by atoms with Gasteiger partial charge in [0.15, 0.2) is 0 Å². The SMILES string of the molecule is C=c1ccnc(Oc2cccc(N3CCCC3)c2)/c1=C/C. The third kappa shape index (κ3) is 2.92. The van der Waals surface area contributed by atoms with Crippen molar-refractivity contribution in [2.24, 2.45) is 0 Å². The molecule has 3 nitrogen and oxygen atoms in total. The van der Waals surface area contributed by atoms with E-state index in [4.69, 9.17) is 4.74 Å². The number of ether oxygens (including phenoxy) is 1. The zero-order valence-electron chi connectivity index (χ0n) is 12.4. The molecule has 0 radical (unpaired) electrons. The molecule has 1 saturated heterocycles. The molecule has 1 fully saturated rings. The van der Waals surface area contributed by atoms with Crippen LogP contribution < -0.4 is 20.1 Å². The van der Waals surface area contributed by atoms with Crippen LogP contribution in [0.25, 0.3) is 12.7 Å². The molecule has 0 atom stereocenters. The summed E-state index contributed by atoms with van der Waals surface area (Å²) in [6, 6.07) is 10.1. The molecule has 0 N–H and O–H groups in total. The normalized spacial score (nSPS) is 15.5. The van der Waals surface area contributed by atoms with Gasteiger partial charge in [0.25, 0.3) is 0 Å². The summed E-state index contributed by atoms with van der Waals surface area (Å²) in [5.41, 5.74) is 1.22. The summed E-state index contributed by atoms with van der Waals surface area (Å²) < 4.78 is 5.97. The highest BCUT2D eigenvalue weighted by Crippen LogP contribution is 2.26. The molecule has 0 amide bonds. The highest BCUT2D eigenvalue weighted by Gasteiger charge is 2.13. The lowest BCUT2D eigenvalue weighted by Gasteiger charge is -2.18. The van der Waals surface area contributed by atoms with Crippen molar-refractivity contribution in [3.05, 3.63) is 47.0 Å². The summed E-state index contributed by atoms with van der Waals surface area (Å²) in [7, 11) is 0. The van der Waals surface area contributed by atoms with Crippen molar-refractivity contribution in [3.63, 3.8) is 0 Å². The van der Waals surface area contributed by atoms with Crippen molar-refractivity contribution in [1.29, 1.82) is 0 Å². The molecule has 0 aliphatic carbocycles. The highest BCUT2D eigenvalue weighted by molar-refractivity contribution is 5.52. The molecule has 0 unspecified atom stereocenters. The van der Waals surface area contributed by atoms with Crippen molar-refractivity contribution < 1.29 is 4.74 Å². The van der Waals surface area contributed by atoms with Crippen molar-refractivity contribution in [2.45, 2.75) is 19.8 Å². The van der Waals surface area contributed by atoms with Gasteiger partial charge in [0, 0.05) is 36.3 Å². The predicted molar refractivity (Wildman–Crippen MR) is 87.1 cm³/mol. The Morgan fingerprint density at radius 3 is 2.81 bits per heavy atom. The van der Waals surface area contributed by atoms with Crippen LogP contribution in [0.3, 0.4) is 0 Å². The third-order valence-corrected chi connectivity index (χ3v) is 3.84. The lowest BCUT2D eigenvalue weighted by Crippen LogP contribution is -2.25. The number of hydrogen-bond donors (Lipinski definition) is 0. The van der Waals surface area contributed by atoms with Crippen molar-refractivity contribution in [2.75, 3.05) is 18.0 Å². The maximum Gasteiger partial charge on any atom is 0.226 e. The zero-order chi connectivity index (χ0) is 14.7. The Morgan fingerprint density at radius 2 is 2.05 bits per heavy atom. The van der Waals surface area contributed by atoms with Gasteiger partial charge in [-0.15, -0.1) is 0 Å². The van der Waals surface area contributed by atoms with E-state index in [1.165, 1.54) is 18.5 Å². The molecule has 3 rings (SSSR count). The van der Waals surface area contributed by atoms with Crippen LogP contribution >= 0.6 is 0 Å². The minimum atomic E-state index is 0.614. The summed E-state index contributed by atoms with van der Waals surface area (Å²) in [5, 5.41) is 1.88. The molecule has 1 aromatic heterocycles. The third-order valence-electron chi connectivity index (χ3n) is 3.84. The van der Waals surface area contributed by atoms with Gasteiger partial charge in [0.1, 0.15) is 5.75 Å². The number of benzene rings is 1. The molecule has 3 heteroatoms. The van der Waals surface area contributed by atoms with Gasteiger partial charge in [-0.1, -0.05) is 18.7 Å². The van der Waals surface area contributed by atoms with E-state index < -0.39 is 0 Å². The van der Waals surface area contributed by atoms with Crippen LogP contribution in [0, 0.1) is 0 Å². The number of nitrogens with zero attached hydrogens (tertiary/aromatic N) is 2. The predicted octanol–water partition coefficient (Wildman–Crippen LogP) is 2.68. The molecule has 108 valence electrons. The largest absolute Gasteiger partial charge is 0.438 e. The van der Waals surface area contributed by atoms with Crippen LogP contribution in [0.5, 0.6) is 11.6 Å². The monoisotopic (exact) mass is 280 g/mol. The van der Waals surface area contributed by atoms with E-state index in [2.05, 4.69) is 28.6 Å². The Labute approximate surface area is 125 Å². The van der Waals surface area contributed by atoms with Gasteiger partial charge in [-0.2, -0.15) is 0 Å². The van der Waals surface area contributed by atoms with Crippen molar-refractivity contribution in [3.8, 4) is 11.6 Å². The quantitative estimate of drug-likeness (QED) is 0.864. The molecule has 0 bridgehead atoms. The number of rotatable bonds is 3. The van der Waals surface area contributed by atoms with Gasteiger partial charge in [-0.05, 0) is 43.2 Å². The van der Waals surface area contributed by atoms with Gasteiger partial charge < -0.3 is 9.64 Å². The minimum Gasteiger partial charge on any atom is -0.438 e. The first-order valence-corrected chi connectivity index (χ1v) is 7.41. The second kappa shape index (κ2) is 6.00. The lowest BCUT2D eigenvalue weighted by molar-refractivity contribution is 0.458. The van der Waals surface area contributed by atoms with Crippen LogP contribution in [0.1, 0.15) is 19.8 Å². The van der Waals surface area contributed by atoms with Gasteiger partial charge in [0.05, 0.1) is 0 Å². The lowest BCUT2D eigenvalue weighted by atomic mass is 10.2. The van der Waals surface area contributed by atoms with Crippen molar-refractivity contribution in [1.82, 2.24) is 4.98 Å². The van der Waals surface area contributed by atoms with E-state index in [1.54, 1.807) is 6.20 Å². The van der Waals surface area contributed by atoms with Crippen LogP contribution in [0.2, 0.25) is 0 Å². The summed E-state index contributed by atoms with van der Waals surface area (Å²) in [5.74, 6) is 1.43. The first kappa shape index (κ1) is 13.7. The van der Waals surface area contributed by atoms with Gasteiger partial charge in [-0.3, -0.25) is 0 Å². The molecule has 0 spiro atoms. The fraction of sp³-hybridized carbons (Fsp3) is 0.278. The topological polar surface area (TPSA) is 25.4 Å². The molecule has 2 aromatic rings. The smallest absolute Gasteiger partial charge is 0.226 e. The first-order chi connectivity index (χ1) is 10.3. The van der Waals surface area contributed by atoms with Gasteiger partial charge >= 0.3 is 0 Å². The zero-order valence-corrected chi connectivity index (χ0v) is 12.4. The second-order valence-electron chi connectivity index (χ2n) is 5.27. The van der Waals surface area contributed by atoms with Crippen LogP contribution in [0.4, 0.5) is 5.69 Å². The first-order valence-electron chi connectivity index (χ1n) is 7.41. The average Bonchev–Trinajstić information content (AvgIpc) is 3.02. The standard InChI is InChI=1S/C18H20N2O/c1-3-17-14(2)9-10-19-18(17)21-16-8-6-7-15(13-16)20-11-4-5-12-20/h3,6-10,13H,2,4-5,11-12H2,1H3/b17-3+. The minimum absolute atomic E-state index is 0.614. The summed E-state index contributed by atoms with van der Waals surface area (Å²) in [6.45, 7) is 8.24. The molecule has 1 aromatic carbocycles. The average molecular weight is 280 g/mol. The molecule has 21 heavy (non-hydrogen) atoms. The molecule has 1 aliphatic rings. The molecule has 1 aliphatic heterocycles. The maximum atomic E-state index is 5.97. The van der Waals surface area contributed by atoms with Crippen molar-refractivity contribution >= 4 is 18.3 Å². The fourth-order valence-electron chi connectivity index (χ4n) is 2.71. The van der Waals surface area contributed by atoms with Crippen LogP contribution in [0.15, 0.2) is 36.5 Å². The van der Waals surface area contributed by atoms with E-state index in [0.717, 1.165) is 29.3 Å². The summed E-state index contributed by atoms with van der Waals surface area (Å²) >= 11 is 0. The second-order valence-corrected chi connectivity index (χ2v) is 5.27. The van der Waals surface area contributed by atoms with E-state index in [0.29, 0.717) is 5.88 Å². The van der Waals surface area contributed by atoms with Gasteiger partial charge in [0.2, 0.25) is 5.88 Å². The molecular formula is C18H20N2O. The van der Waals surface area contributed by atoms with Gasteiger partial charge in [-0.25, -0.2) is 4.98 Å². The molecule has 2 heterocycles. The Bertz CT molecular complexity index is 733. The van der Waals surface area contributed by atoms with E-state index in [1.807, 2.05) is 31.2 Å². The Morgan fingerprint density at radius 1 is 1.24 bits per heavy atom. The number of aromatic nitrogens is 1. The maximum absolute atomic E-state index is 5.97. The summed E-state index contributed by atoms with van der Waals surface area (Å²) in [6.07, 6.45) is 6.25. The van der Waals surface area contributed by atoms with E-state index in [-0.39, 0.29) is 0 Å². The van der Waals surface area contributed by atoms with E-state index in [9.17, 15) is 0 Å². The molecular weight excluding hydrogens is 260 g/mol. The fourth-order valence-corrected chi connectivity index (χ4v) is 2.71. The number of hydrogen-bond acceptors (Lipinski definition) is 3.